The van der Waals surface area contributed by atoms with Gasteiger partial charge in [-0.05, 0) is 30.2 Å². The minimum absolute atomic E-state index is 0.334. The third-order valence-electron chi connectivity index (χ3n) is 3.37. The van der Waals surface area contributed by atoms with Crippen LogP contribution in [-0.2, 0) is 16.0 Å². The first kappa shape index (κ1) is 18.2. The average Bonchev–Trinajstić information content (AvgIpc) is 2.65. The fourth-order valence-electron chi connectivity index (χ4n) is 2.11. The zero-order valence-corrected chi connectivity index (χ0v) is 14.4. The molecule has 0 bridgehead atoms. The molecule has 2 aromatic carbocycles. The molecule has 0 spiro atoms. The minimum atomic E-state index is -0.397. The van der Waals surface area contributed by atoms with Gasteiger partial charge in [0, 0.05) is 18.5 Å². The second-order valence-electron chi connectivity index (χ2n) is 5.13. The van der Waals surface area contributed by atoms with Crippen molar-refractivity contribution in [2.24, 2.45) is 0 Å². The molecule has 4 heteroatoms. The van der Waals surface area contributed by atoms with Crippen molar-refractivity contribution in [2.75, 3.05) is 13.7 Å². The van der Waals surface area contributed by atoms with Crippen LogP contribution in [0.4, 0.5) is 0 Å². The number of carbonyl (C=O) groups is 1. The van der Waals surface area contributed by atoms with Crippen LogP contribution < -0.4 is 10.1 Å². The van der Waals surface area contributed by atoms with E-state index in [4.69, 9.17) is 9.47 Å². The Balaban J connectivity index is 2.06. The molecule has 25 heavy (non-hydrogen) atoms. The molecule has 0 amide bonds. The molecular formula is C21H21NO3. The molecule has 0 heterocycles. The molecule has 2 aromatic rings. The lowest BCUT2D eigenvalue weighted by molar-refractivity contribution is -0.137. The van der Waals surface area contributed by atoms with E-state index >= 15 is 0 Å². The van der Waals surface area contributed by atoms with Crippen LogP contribution in [0.1, 0.15) is 18.1 Å². The molecule has 0 radical (unpaired) electrons. The van der Waals surface area contributed by atoms with Crippen molar-refractivity contribution in [3.05, 3.63) is 71.8 Å². The summed E-state index contributed by atoms with van der Waals surface area (Å²) >= 11 is 0. The molecule has 0 fully saturated rings. The Kier molecular flexibility index (Phi) is 7.14. The summed E-state index contributed by atoms with van der Waals surface area (Å²) < 4.78 is 10.1. The van der Waals surface area contributed by atoms with Crippen LogP contribution >= 0.6 is 0 Å². The van der Waals surface area contributed by atoms with Crippen molar-refractivity contribution in [3.8, 4) is 17.7 Å². The highest BCUT2D eigenvalue weighted by molar-refractivity contribution is 5.91. The summed E-state index contributed by atoms with van der Waals surface area (Å²) in [5, 5.41) is 2.99. The van der Waals surface area contributed by atoms with Gasteiger partial charge in [-0.2, -0.15) is 0 Å². The predicted molar refractivity (Wildman–Crippen MR) is 98.7 cm³/mol. The van der Waals surface area contributed by atoms with Crippen LogP contribution in [0.25, 0.3) is 5.70 Å². The lowest BCUT2D eigenvalue weighted by Crippen LogP contribution is -2.09. The highest BCUT2D eigenvalue weighted by Gasteiger charge is 2.04. The number of rotatable bonds is 6. The Morgan fingerprint density at radius 2 is 1.84 bits per heavy atom. The fraction of sp³-hybridized carbons (Fsp3) is 0.190. The van der Waals surface area contributed by atoms with Crippen LogP contribution in [0.5, 0.6) is 5.75 Å². The Morgan fingerprint density at radius 1 is 1.12 bits per heavy atom. The van der Waals surface area contributed by atoms with Gasteiger partial charge in [0.15, 0.2) is 0 Å². The van der Waals surface area contributed by atoms with Crippen molar-refractivity contribution in [1.29, 1.82) is 0 Å². The van der Waals surface area contributed by atoms with Crippen molar-refractivity contribution >= 4 is 11.7 Å². The van der Waals surface area contributed by atoms with Gasteiger partial charge in [-0.3, -0.25) is 0 Å². The van der Waals surface area contributed by atoms with Gasteiger partial charge < -0.3 is 14.8 Å². The molecule has 0 aliphatic rings. The third-order valence-corrected chi connectivity index (χ3v) is 3.37. The maximum atomic E-state index is 11.7. The van der Waals surface area contributed by atoms with Crippen LogP contribution in [-0.4, -0.2) is 19.7 Å². The van der Waals surface area contributed by atoms with Gasteiger partial charge in [-0.15, -0.1) is 0 Å². The summed E-state index contributed by atoms with van der Waals surface area (Å²) in [6.45, 7) is 2.11. The van der Waals surface area contributed by atoms with E-state index < -0.39 is 5.97 Å². The van der Waals surface area contributed by atoms with Crippen LogP contribution in [0, 0.1) is 12.0 Å². The summed E-state index contributed by atoms with van der Waals surface area (Å²) in [5.74, 6) is 3.47. The zero-order valence-electron chi connectivity index (χ0n) is 14.4. The Labute approximate surface area is 148 Å². The van der Waals surface area contributed by atoms with E-state index in [0.29, 0.717) is 18.7 Å². The maximum Gasteiger partial charge on any atom is 0.332 e. The SMILES string of the molecule is CCOC(=O)/C=C(\NC#CCc1ccc(OC)cc1)c1ccccc1. The Bertz CT molecular complexity index is 768. The first-order valence-electron chi connectivity index (χ1n) is 8.03. The molecule has 2 rings (SSSR count). The first-order chi connectivity index (χ1) is 12.2. The minimum Gasteiger partial charge on any atom is -0.497 e. The lowest BCUT2D eigenvalue weighted by Gasteiger charge is -2.06. The number of esters is 1. The Hall–Kier alpha value is -3.19. The molecule has 1 N–H and O–H groups in total. The molecule has 0 saturated carbocycles. The van der Waals surface area contributed by atoms with Gasteiger partial charge in [0.1, 0.15) is 5.75 Å². The number of nitrogens with one attached hydrogen (secondary N) is 1. The van der Waals surface area contributed by atoms with E-state index in [0.717, 1.165) is 16.9 Å². The molecule has 0 atom stereocenters. The van der Waals surface area contributed by atoms with Crippen LogP contribution in [0.3, 0.4) is 0 Å². The van der Waals surface area contributed by atoms with Crippen molar-refractivity contribution in [2.45, 2.75) is 13.3 Å². The molecule has 0 unspecified atom stereocenters. The number of methoxy groups -OCH3 is 1. The van der Waals surface area contributed by atoms with Gasteiger partial charge in [0.2, 0.25) is 0 Å². The van der Waals surface area contributed by atoms with E-state index in [1.54, 1.807) is 14.0 Å². The second kappa shape index (κ2) is 9.84. The lowest BCUT2D eigenvalue weighted by atomic mass is 10.1. The predicted octanol–water partition coefficient (Wildman–Crippen LogP) is 3.39. The summed E-state index contributed by atoms with van der Waals surface area (Å²) in [6, 6.07) is 20.2. The molecular weight excluding hydrogens is 314 g/mol. The standard InChI is InChI=1S/C21H21NO3/c1-3-25-21(23)16-20(18-9-5-4-6-10-18)22-15-7-8-17-11-13-19(24-2)14-12-17/h4-6,9-14,16,22H,3,8H2,1-2H3/b20-16-. The topological polar surface area (TPSA) is 47.6 Å². The van der Waals surface area contributed by atoms with Crippen molar-refractivity contribution in [1.82, 2.24) is 5.32 Å². The van der Waals surface area contributed by atoms with Crippen LogP contribution in [0.2, 0.25) is 0 Å². The smallest absolute Gasteiger partial charge is 0.332 e. The first-order valence-corrected chi connectivity index (χ1v) is 8.03. The van der Waals surface area contributed by atoms with Gasteiger partial charge >= 0.3 is 5.97 Å². The summed E-state index contributed by atoms with van der Waals surface area (Å²) in [7, 11) is 1.64. The van der Waals surface area contributed by atoms with E-state index in [-0.39, 0.29) is 0 Å². The number of hydrogen-bond donors (Lipinski definition) is 1. The van der Waals surface area contributed by atoms with Gasteiger partial charge in [-0.1, -0.05) is 48.4 Å². The number of benzene rings is 2. The Morgan fingerprint density at radius 3 is 2.48 bits per heavy atom. The molecule has 0 aliphatic carbocycles. The summed E-state index contributed by atoms with van der Waals surface area (Å²) in [5.41, 5.74) is 2.57. The number of carbonyl (C=O) groups excluding carboxylic acids is 1. The van der Waals surface area contributed by atoms with Crippen molar-refractivity contribution < 1.29 is 14.3 Å². The quantitative estimate of drug-likeness (QED) is 0.380. The maximum absolute atomic E-state index is 11.7. The zero-order chi connectivity index (χ0) is 17.9. The van der Waals surface area contributed by atoms with Gasteiger partial charge in [0.25, 0.3) is 0 Å². The molecule has 0 aliphatic heterocycles. The molecule has 4 nitrogen and oxygen atoms in total. The summed E-state index contributed by atoms with van der Waals surface area (Å²) in [4.78, 5) is 11.7. The normalized spacial score (nSPS) is 10.4. The molecule has 0 saturated heterocycles. The van der Waals surface area contributed by atoms with E-state index in [2.05, 4.69) is 17.3 Å². The molecule has 0 aromatic heterocycles. The highest BCUT2D eigenvalue weighted by atomic mass is 16.5. The van der Waals surface area contributed by atoms with Crippen molar-refractivity contribution in [3.63, 3.8) is 0 Å². The monoisotopic (exact) mass is 335 g/mol. The fourth-order valence-corrected chi connectivity index (χ4v) is 2.11. The second-order valence-corrected chi connectivity index (χ2v) is 5.13. The third kappa shape index (κ3) is 6.08. The number of hydrogen-bond acceptors (Lipinski definition) is 4. The van der Waals surface area contributed by atoms with E-state index in [1.165, 1.54) is 6.08 Å². The van der Waals surface area contributed by atoms with E-state index in [1.807, 2.05) is 54.6 Å². The van der Waals surface area contributed by atoms with Crippen LogP contribution in [0.15, 0.2) is 60.7 Å². The van der Waals surface area contributed by atoms with Gasteiger partial charge in [0.05, 0.1) is 19.4 Å². The largest absolute Gasteiger partial charge is 0.497 e. The average molecular weight is 335 g/mol. The van der Waals surface area contributed by atoms with Gasteiger partial charge in [-0.25, -0.2) is 4.79 Å². The highest BCUT2D eigenvalue weighted by Crippen LogP contribution is 2.12. The van der Waals surface area contributed by atoms with E-state index in [9.17, 15) is 4.79 Å². The number of ether oxygens (including phenoxy) is 2. The molecule has 128 valence electrons. The summed E-state index contributed by atoms with van der Waals surface area (Å²) in [6.07, 6.45) is 2.01.